The van der Waals surface area contributed by atoms with E-state index in [1.807, 2.05) is 59.5 Å². The van der Waals surface area contributed by atoms with Crippen molar-refractivity contribution in [3.8, 4) is 0 Å². The summed E-state index contributed by atoms with van der Waals surface area (Å²) in [5.41, 5.74) is 0.834. The molecule has 2 saturated heterocycles. The lowest BCUT2D eigenvalue weighted by atomic mass is 9.85. The van der Waals surface area contributed by atoms with Crippen molar-refractivity contribution in [1.82, 2.24) is 14.7 Å². The summed E-state index contributed by atoms with van der Waals surface area (Å²) in [6, 6.07) is 17.2. The number of likely N-dealkylation sites (N-methyl/N-ethyl adjacent to an activating group) is 1. The fourth-order valence-corrected chi connectivity index (χ4v) is 4.91. The van der Waals surface area contributed by atoms with Gasteiger partial charge in [-0.2, -0.15) is 0 Å². The molecular weight excluding hydrogens is 472 g/mol. The number of hydrogen-bond acceptors (Lipinski definition) is 4. The molecule has 168 valence electrons. The lowest BCUT2D eigenvalue weighted by Gasteiger charge is -2.43. The van der Waals surface area contributed by atoms with E-state index < -0.39 is 5.54 Å². The molecule has 2 aliphatic heterocycles. The van der Waals surface area contributed by atoms with E-state index in [1.165, 1.54) is 4.90 Å². The molecule has 0 atom stereocenters. The van der Waals surface area contributed by atoms with Crippen molar-refractivity contribution < 1.29 is 14.4 Å². The van der Waals surface area contributed by atoms with Crippen molar-refractivity contribution in [1.29, 1.82) is 0 Å². The van der Waals surface area contributed by atoms with Crippen LogP contribution in [0.2, 0.25) is 0 Å². The van der Waals surface area contributed by atoms with Crippen molar-refractivity contribution >= 4 is 39.3 Å². The molecule has 0 aromatic heterocycles. The van der Waals surface area contributed by atoms with Gasteiger partial charge in [0.1, 0.15) is 12.1 Å². The van der Waals surface area contributed by atoms with Gasteiger partial charge in [-0.3, -0.25) is 14.4 Å². The number of carbonyl (C=O) groups excluding carboxylic acids is 3. The first-order valence-electron chi connectivity index (χ1n) is 10.7. The summed E-state index contributed by atoms with van der Waals surface area (Å²) in [6.07, 6.45) is 1.04. The van der Waals surface area contributed by atoms with Gasteiger partial charge in [0.15, 0.2) is 0 Å². The molecule has 0 saturated carbocycles. The highest BCUT2D eigenvalue weighted by Crippen LogP contribution is 2.39. The number of rotatable bonds is 4. The van der Waals surface area contributed by atoms with E-state index in [4.69, 9.17) is 0 Å². The number of halogens is 1. The van der Waals surface area contributed by atoms with E-state index in [0.29, 0.717) is 38.2 Å². The maximum atomic E-state index is 13.6. The molecule has 2 aromatic carbocycles. The molecule has 0 bridgehead atoms. The average Bonchev–Trinajstić information content (AvgIpc) is 3.05. The third-order valence-electron chi connectivity index (χ3n) is 6.36. The molecule has 4 rings (SSSR count). The van der Waals surface area contributed by atoms with Crippen molar-refractivity contribution in [2.75, 3.05) is 45.3 Å². The van der Waals surface area contributed by atoms with Crippen molar-refractivity contribution in [2.45, 2.75) is 18.4 Å². The van der Waals surface area contributed by atoms with Gasteiger partial charge in [0, 0.05) is 42.9 Å². The normalized spacial score (nSPS) is 17.7. The van der Waals surface area contributed by atoms with Crippen LogP contribution in [0.25, 0.3) is 0 Å². The smallest absolute Gasteiger partial charge is 0.253 e. The maximum absolute atomic E-state index is 13.6. The predicted octanol–water partition coefficient (Wildman–Crippen LogP) is 2.82. The van der Waals surface area contributed by atoms with Crippen LogP contribution in [0.4, 0.5) is 5.69 Å². The van der Waals surface area contributed by atoms with Crippen LogP contribution in [0, 0.1) is 0 Å². The number of hydrogen-bond donors (Lipinski definition) is 0. The molecule has 32 heavy (non-hydrogen) atoms. The van der Waals surface area contributed by atoms with E-state index >= 15 is 0 Å². The number of piperidine rings is 1. The van der Waals surface area contributed by atoms with Crippen LogP contribution in [-0.4, -0.2) is 78.4 Å². The number of benzene rings is 2. The SMILES string of the molecule is CN(C)C(=O)CN1CN(c2ccccc2)C2(CCN(C(=O)c3cccc(Br)c3)CC2)C1=O. The van der Waals surface area contributed by atoms with Gasteiger partial charge in [0.25, 0.3) is 11.8 Å². The molecule has 2 heterocycles. The minimum atomic E-state index is -0.748. The standard InChI is InChI=1S/C24H27BrN4O3/c1-26(2)21(30)16-28-17-29(20-9-4-3-5-10-20)24(23(28)32)11-13-27(14-12-24)22(31)18-7-6-8-19(25)15-18/h3-10,15H,11-14,16-17H2,1-2H3. The highest BCUT2D eigenvalue weighted by Gasteiger charge is 2.54. The lowest BCUT2D eigenvalue weighted by molar-refractivity contribution is -0.139. The summed E-state index contributed by atoms with van der Waals surface area (Å²) < 4.78 is 0.860. The third kappa shape index (κ3) is 4.11. The molecule has 7 nitrogen and oxygen atoms in total. The number of nitrogens with zero attached hydrogens (tertiary/aromatic N) is 4. The minimum absolute atomic E-state index is 0.0301. The summed E-state index contributed by atoms with van der Waals surface area (Å²) in [4.78, 5) is 46.1. The van der Waals surface area contributed by atoms with E-state index in [2.05, 4.69) is 20.8 Å². The molecule has 0 unspecified atom stereocenters. The maximum Gasteiger partial charge on any atom is 0.253 e. The Morgan fingerprint density at radius 3 is 2.34 bits per heavy atom. The molecule has 2 fully saturated rings. The Hall–Kier alpha value is -2.87. The van der Waals surface area contributed by atoms with Gasteiger partial charge in [-0.15, -0.1) is 0 Å². The largest absolute Gasteiger partial charge is 0.347 e. The first-order chi connectivity index (χ1) is 15.3. The Morgan fingerprint density at radius 1 is 1.03 bits per heavy atom. The zero-order chi connectivity index (χ0) is 22.9. The summed E-state index contributed by atoms with van der Waals surface area (Å²) >= 11 is 3.42. The molecule has 3 amide bonds. The highest BCUT2D eigenvalue weighted by atomic mass is 79.9. The number of amides is 3. The molecule has 0 aliphatic carbocycles. The van der Waals surface area contributed by atoms with Crippen LogP contribution in [0.15, 0.2) is 59.1 Å². The molecule has 2 aliphatic rings. The third-order valence-corrected chi connectivity index (χ3v) is 6.85. The Bertz CT molecular complexity index is 1020. The lowest BCUT2D eigenvalue weighted by Crippen LogP contribution is -2.57. The molecular formula is C24H27BrN4O3. The van der Waals surface area contributed by atoms with E-state index in [-0.39, 0.29) is 24.3 Å². The van der Waals surface area contributed by atoms with Crippen LogP contribution in [0.5, 0.6) is 0 Å². The zero-order valence-electron chi connectivity index (χ0n) is 18.3. The Balaban J connectivity index is 1.57. The van der Waals surface area contributed by atoms with Crippen LogP contribution in [0.1, 0.15) is 23.2 Å². The van der Waals surface area contributed by atoms with Gasteiger partial charge >= 0.3 is 0 Å². The Kier molecular flexibility index (Phi) is 6.24. The van der Waals surface area contributed by atoms with Gasteiger partial charge in [-0.25, -0.2) is 0 Å². The quantitative estimate of drug-likeness (QED) is 0.649. The molecule has 1 spiro atoms. The van der Waals surface area contributed by atoms with Crippen LogP contribution in [-0.2, 0) is 9.59 Å². The van der Waals surface area contributed by atoms with Crippen LogP contribution >= 0.6 is 15.9 Å². The predicted molar refractivity (Wildman–Crippen MR) is 126 cm³/mol. The van der Waals surface area contributed by atoms with Crippen LogP contribution in [0.3, 0.4) is 0 Å². The van der Waals surface area contributed by atoms with E-state index in [9.17, 15) is 14.4 Å². The van der Waals surface area contributed by atoms with Crippen molar-refractivity contribution in [2.24, 2.45) is 0 Å². The first-order valence-corrected chi connectivity index (χ1v) is 11.5. The number of para-hydroxylation sites is 1. The van der Waals surface area contributed by atoms with E-state index in [0.717, 1.165) is 10.2 Å². The average molecular weight is 499 g/mol. The summed E-state index contributed by atoms with van der Waals surface area (Å²) in [7, 11) is 3.39. The topological polar surface area (TPSA) is 64.2 Å². The van der Waals surface area contributed by atoms with Crippen LogP contribution < -0.4 is 4.90 Å². The van der Waals surface area contributed by atoms with Gasteiger partial charge in [0.2, 0.25) is 5.91 Å². The van der Waals surface area contributed by atoms with Gasteiger partial charge in [-0.1, -0.05) is 40.2 Å². The number of likely N-dealkylation sites (tertiary alicyclic amines) is 1. The number of anilines is 1. The molecule has 8 heteroatoms. The fraction of sp³-hybridized carbons (Fsp3) is 0.375. The monoisotopic (exact) mass is 498 g/mol. The second kappa shape index (κ2) is 8.94. The number of carbonyl (C=O) groups is 3. The minimum Gasteiger partial charge on any atom is -0.347 e. The zero-order valence-corrected chi connectivity index (χ0v) is 19.9. The molecule has 2 aromatic rings. The van der Waals surface area contributed by atoms with E-state index in [1.54, 1.807) is 19.0 Å². The summed E-state index contributed by atoms with van der Waals surface area (Å²) in [5, 5.41) is 0. The highest BCUT2D eigenvalue weighted by molar-refractivity contribution is 9.10. The van der Waals surface area contributed by atoms with Gasteiger partial charge < -0.3 is 19.6 Å². The molecule has 0 radical (unpaired) electrons. The fourth-order valence-electron chi connectivity index (χ4n) is 4.51. The van der Waals surface area contributed by atoms with Gasteiger partial charge in [0.05, 0.1) is 6.67 Å². The molecule has 0 N–H and O–H groups in total. The van der Waals surface area contributed by atoms with Crippen molar-refractivity contribution in [3.63, 3.8) is 0 Å². The Morgan fingerprint density at radius 2 is 1.72 bits per heavy atom. The second-order valence-electron chi connectivity index (χ2n) is 8.53. The Labute approximate surface area is 196 Å². The summed E-state index contributed by atoms with van der Waals surface area (Å²) in [6.45, 7) is 1.38. The summed E-state index contributed by atoms with van der Waals surface area (Å²) in [5.74, 6) is -0.172. The first kappa shape index (κ1) is 22.3. The second-order valence-corrected chi connectivity index (χ2v) is 9.45. The van der Waals surface area contributed by atoms with Gasteiger partial charge in [-0.05, 0) is 43.2 Å². The van der Waals surface area contributed by atoms with Crippen molar-refractivity contribution in [3.05, 3.63) is 64.6 Å².